The molecule has 0 aliphatic heterocycles. The van der Waals surface area contributed by atoms with Crippen molar-refractivity contribution < 1.29 is 14.0 Å². The second kappa shape index (κ2) is 6.74. The largest absolute Gasteiger partial charge is 0.459 e. The SMILES string of the molecule is CC(C)C(NC(=O)c1ccco1)C(=O)Nc1ccccc1. The number of carbonyl (C=O) groups is 2. The number of carbonyl (C=O) groups excluding carboxylic acids is 2. The summed E-state index contributed by atoms with van der Waals surface area (Å²) in [6.45, 7) is 3.75. The van der Waals surface area contributed by atoms with Crippen molar-refractivity contribution in [2.45, 2.75) is 19.9 Å². The molecule has 0 aliphatic carbocycles. The van der Waals surface area contributed by atoms with Gasteiger partial charge in [0.15, 0.2) is 5.76 Å². The van der Waals surface area contributed by atoms with E-state index in [1.807, 2.05) is 32.0 Å². The molecule has 0 bridgehead atoms. The minimum Gasteiger partial charge on any atom is -0.459 e. The summed E-state index contributed by atoms with van der Waals surface area (Å²) in [5.74, 6) is -0.515. The quantitative estimate of drug-likeness (QED) is 0.887. The van der Waals surface area contributed by atoms with Gasteiger partial charge in [0.1, 0.15) is 6.04 Å². The third kappa shape index (κ3) is 3.95. The van der Waals surface area contributed by atoms with Crippen molar-refractivity contribution in [1.29, 1.82) is 0 Å². The van der Waals surface area contributed by atoms with E-state index >= 15 is 0 Å². The smallest absolute Gasteiger partial charge is 0.287 e. The number of furan rings is 1. The first-order valence-electron chi connectivity index (χ1n) is 6.78. The third-order valence-corrected chi connectivity index (χ3v) is 3.02. The summed E-state index contributed by atoms with van der Waals surface area (Å²) in [5, 5.41) is 5.48. The second-order valence-corrected chi connectivity index (χ2v) is 5.03. The Kier molecular flexibility index (Phi) is 4.77. The Hall–Kier alpha value is -2.56. The van der Waals surface area contributed by atoms with Gasteiger partial charge in [0.25, 0.3) is 5.91 Å². The highest BCUT2D eigenvalue weighted by Gasteiger charge is 2.25. The van der Waals surface area contributed by atoms with Crippen molar-refractivity contribution in [2.24, 2.45) is 5.92 Å². The highest BCUT2D eigenvalue weighted by molar-refractivity contribution is 6.00. The summed E-state index contributed by atoms with van der Waals surface area (Å²) in [7, 11) is 0. The number of rotatable bonds is 5. The van der Waals surface area contributed by atoms with Crippen molar-refractivity contribution in [3.05, 3.63) is 54.5 Å². The fourth-order valence-electron chi connectivity index (χ4n) is 1.90. The maximum Gasteiger partial charge on any atom is 0.287 e. The molecule has 1 unspecified atom stereocenters. The van der Waals surface area contributed by atoms with Gasteiger partial charge in [-0.15, -0.1) is 0 Å². The van der Waals surface area contributed by atoms with Gasteiger partial charge in [-0.1, -0.05) is 32.0 Å². The molecule has 0 saturated carbocycles. The Morgan fingerprint density at radius 3 is 2.33 bits per heavy atom. The molecule has 2 aromatic rings. The van der Waals surface area contributed by atoms with Gasteiger partial charge in [-0.25, -0.2) is 0 Å². The van der Waals surface area contributed by atoms with E-state index in [0.29, 0.717) is 5.69 Å². The molecule has 2 amide bonds. The van der Waals surface area contributed by atoms with E-state index in [9.17, 15) is 9.59 Å². The topological polar surface area (TPSA) is 71.3 Å². The number of para-hydroxylation sites is 1. The average Bonchev–Trinajstić information content (AvgIpc) is 2.99. The number of benzene rings is 1. The zero-order valence-electron chi connectivity index (χ0n) is 12.0. The second-order valence-electron chi connectivity index (χ2n) is 5.03. The van der Waals surface area contributed by atoms with Crippen molar-refractivity contribution >= 4 is 17.5 Å². The first kappa shape index (κ1) is 14.8. The number of hydrogen-bond donors (Lipinski definition) is 2. The Morgan fingerprint density at radius 1 is 1.05 bits per heavy atom. The summed E-state index contributed by atoms with van der Waals surface area (Å²) >= 11 is 0. The molecule has 1 aromatic heterocycles. The zero-order chi connectivity index (χ0) is 15.2. The molecular weight excluding hydrogens is 268 g/mol. The summed E-state index contributed by atoms with van der Waals surface area (Å²) in [4.78, 5) is 24.3. The minimum absolute atomic E-state index is 0.0485. The molecule has 5 heteroatoms. The monoisotopic (exact) mass is 286 g/mol. The Balaban J connectivity index is 2.05. The molecule has 0 fully saturated rings. The molecule has 2 rings (SSSR count). The van der Waals surface area contributed by atoms with Crippen molar-refractivity contribution in [3.8, 4) is 0 Å². The van der Waals surface area contributed by atoms with Crippen LogP contribution in [0.25, 0.3) is 0 Å². The van der Waals surface area contributed by atoms with Crippen LogP contribution in [0, 0.1) is 5.92 Å². The average molecular weight is 286 g/mol. The molecule has 1 heterocycles. The summed E-state index contributed by atoms with van der Waals surface area (Å²) in [6, 6.07) is 11.7. The van der Waals surface area contributed by atoms with Gasteiger partial charge in [0.2, 0.25) is 5.91 Å². The van der Waals surface area contributed by atoms with Crippen molar-refractivity contribution in [3.63, 3.8) is 0 Å². The molecule has 0 radical (unpaired) electrons. The minimum atomic E-state index is -0.636. The lowest BCUT2D eigenvalue weighted by Gasteiger charge is -2.21. The van der Waals surface area contributed by atoms with Gasteiger partial charge in [0, 0.05) is 5.69 Å². The van der Waals surface area contributed by atoms with Gasteiger partial charge in [-0.2, -0.15) is 0 Å². The predicted molar refractivity (Wildman–Crippen MR) is 79.9 cm³/mol. The van der Waals surface area contributed by atoms with E-state index in [1.54, 1.807) is 24.3 Å². The van der Waals surface area contributed by atoms with E-state index in [4.69, 9.17) is 4.42 Å². The van der Waals surface area contributed by atoms with Crippen LogP contribution in [0.4, 0.5) is 5.69 Å². The van der Waals surface area contributed by atoms with E-state index in [2.05, 4.69) is 10.6 Å². The van der Waals surface area contributed by atoms with Crippen LogP contribution in [0.1, 0.15) is 24.4 Å². The number of nitrogens with one attached hydrogen (secondary N) is 2. The summed E-state index contributed by atoms with van der Waals surface area (Å²) in [5.41, 5.74) is 0.695. The van der Waals surface area contributed by atoms with Crippen LogP contribution in [0.5, 0.6) is 0 Å². The Bertz CT molecular complexity index is 591. The number of amides is 2. The molecule has 2 N–H and O–H groups in total. The lowest BCUT2D eigenvalue weighted by molar-refractivity contribution is -0.118. The van der Waals surface area contributed by atoms with E-state index < -0.39 is 11.9 Å². The van der Waals surface area contributed by atoms with Gasteiger partial charge < -0.3 is 15.1 Å². The van der Waals surface area contributed by atoms with Crippen LogP contribution in [0.3, 0.4) is 0 Å². The first-order chi connectivity index (χ1) is 10.1. The molecule has 0 saturated heterocycles. The molecule has 1 atom stereocenters. The first-order valence-corrected chi connectivity index (χ1v) is 6.78. The normalized spacial score (nSPS) is 12.0. The maximum absolute atomic E-state index is 12.3. The standard InChI is InChI=1S/C16H18N2O3/c1-11(2)14(18-15(19)13-9-6-10-21-13)16(20)17-12-7-4-3-5-8-12/h3-11,14H,1-2H3,(H,17,20)(H,18,19). The summed E-state index contributed by atoms with van der Waals surface area (Å²) in [6.07, 6.45) is 1.42. The molecule has 5 nitrogen and oxygen atoms in total. The fourth-order valence-corrected chi connectivity index (χ4v) is 1.90. The van der Waals surface area contributed by atoms with Gasteiger partial charge in [-0.3, -0.25) is 9.59 Å². The molecule has 1 aromatic carbocycles. The molecule has 21 heavy (non-hydrogen) atoms. The Labute approximate surface area is 123 Å². The lowest BCUT2D eigenvalue weighted by Crippen LogP contribution is -2.47. The molecular formula is C16H18N2O3. The zero-order valence-corrected chi connectivity index (χ0v) is 12.0. The third-order valence-electron chi connectivity index (χ3n) is 3.02. The Morgan fingerprint density at radius 2 is 1.76 bits per heavy atom. The maximum atomic E-state index is 12.3. The molecule has 110 valence electrons. The van der Waals surface area contributed by atoms with Crippen LogP contribution in [-0.4, -0.2) is 17.9 Å². The predicted octanol–water partition coefficient (Wildman–Crippen LogP) is 2.67. The van der Waals surface area contributed by atoms with Crippen molar-refractivity contribution in [2.75, 3.05) is 5.32 Å². The van der Waals surface area contributed by atoms with E-state index in [-0.39, 0.29) is 17.6 Å². The van der Waals surface area contributed by atoms with E-state index in [0.717, 1.165) is 0 Å². The molecule has 0 spiro atoms. The van der Waals surface area contributed by atoms with Crippen LogP contribution >= 0.6 is 0 Å². The number of anilines is 1. The van der Waals surface area contributed by atoms with Crippen LogP contribution in [-0.2, 0) is 4.79 Å². The van der Waals surface area contributed by atoms with Crippen LogP contribution in [0.15, 0.2) is 53.1 Å². The van der Waals surface area contributed by atoms with Gasteiger partial charge in [-0.05, 0) is 30.2 Å². The number of hydrogen-bond acceptors (Lipinski definition) is 3. The highest BCUT2D eigenvalue weighted by Crippen LogP contribution is 2.10. The fraction of sp³-hybridized carbons (Fsp3) is 0.250. The van der Waals surface area contributed by atoms with Crippen LogP contribution in [0.2, 0.25) is 0 Å². The lowest BCUT2D eigenvalue weighted by atomic mass is 10.0. The summed E-state index contributed by atoms with van der Waals surface area (Å²) < 4.78 is 5.03. The van der Waals surface area contributed by atoms with Gasteiger partial charge >= 0.3 is 0 Å². The van der Waals surface area contributed by atoms with E-state index in [1.165, 1.54) is 6.26 Å². The van der Waals surface area contributed by atoms with Crippen molar-refractivity contribution in [1.82, 2.24) is 5.32 Å². The van der Waals surface area contributed by atoms with Crippen LogP contribution < -0.4 is 10.6 Å². The van der Waals surface area contributed by atoms with Gasteiger partial charge in [0.05, 0.1) is 6.26 Å². The molecule has 0 aliphatic rings. The highest BCUT2D eigenvalue weighted by atomic mass is 16.3.